The van der Waals surface area contributed by atoms with Gasteiger partial charge in [0.2, 0.25) is 0 Å². The molecule has 0 fully saturated rings. The molecule has 0 saturated heterocycles. The van der Waals surface area contributed by atoms with Gasteiger partial charge in [-0.3, -0.25) is 4.79 Å². The second kappa shape index (κ2) is 8.91. The van der Waals surface area contributed by atoms with Crippen molar-refractivity contribution >= 4 is 17.7 Å². The van der Waals surface area contributed by atoms with Gasteiger partial charge in [0.15, 0.2) is 0 Å². The van der Waals surface area contributed by atoms with E-state index in [9.17, 15) is 4.79 Å². The summed E-state index contributed by atoms with van der Waals surface area (Å²) >= 11 is 1.45. The van der Waals surface area contributed by atoms with Crippen LogP contribution < -0.4 is 5.32 Å². The molecular formula is C12H18N2O3S. The molecule has 1 heterocycles. The number of carbonyl (C=O) groups excluding carboxylic acids is 1. The summed E-state index contributed by atoms with van der Waals surface area (Å²) in [6.07, 6.45) is 4.29. The molecule has 0 bridgehead atoms. The third-order valence-corrected chi connectivity index (χ3v) is 2.91. The highest BCUT2D eigenvalue weighted by molar-refractivity contribution is 7.98. The van der Waals surface area contributed by atoms with Crippen molar-refractivity contribution in [1.82, 2.24) is 10.3 Å². The molecule has 1 aromatic rings. The molecule has 1 rings (SSSR count). The molecule has 0 atom stereocenters. The Labute approximate surface area is 111 Å². The summed E-state index contributed by atoms with van der Waals surface area (Å²) in [6.45, 7) is 1.45. The van der Waals surface area contributed by atoms with Crippen molar-refractivity contribution in [3.63, 3.8) is 0 Å². The number of hydrogen-bond acceptors (Lipinski definition) is 5. The van der Waals surface area contributed by atoms with Crippen molar-refractivity contribution in [2.24, 2.45) is 0 Å². The Bertz CT molecular complexity index is 374. The van der Waals surface area contributed by atoms with Gasteiger partial charge in [-0.15, -0.1) is 11.8 Å². The first kappa shape index (κ1) is 14.9. The summed E-state index contributed by atoms with van der Waals surface area (Å²) < 4.78 is 5.10. The van der Waals surface area contributed by atoms with E-state index in [1.54, 1.807) is 18.3 Å². The number of nitrogens with one attached hydrogen (secondary N) is 1. The largest absolute Gasteiger partial charge is 0.394 e. The lowest BCUT2D eigenvalue weighted by Gasteiger charge is -2.07. The normalized spacial score (nSPS) is 10.3. The lowest BCUT2D eigenvalue weighted by molar-refractivity contribution is 0.0866. The maximum atomic E-state index is 11.9. The predicted octanol–water partition coefficient (Wildman–Crippen LogP) is 0.932. The SMILES string of the molecule is CSc1ncccc1C(=O)NCCCOCCO. The third kappa shape index (κ3) is 5.03. The Kier molecular flexibility index (Phi) is 7.40. The van der Waals surface area contributed by atoms with Crippen LogP contribution in [-0.4, -0.2) is 48.6 Å². The monoisotopic (exact) mass is 270 g/mol. The number of aliphatic hydroxyl groups is 1. The van der Waals surface area contributed by atoms with E-state index in [1.807, 2.05) is 6.26 Å². The molecule has 0 aliphatic heterocycles. The summed E-state index contributed by atoms with van der Waals surface area (Å²) in [5, 5.41) is 12.1. The standard InChI is InChI=1S/C12H18N2O3S/c1-18-12-10(4-2-5-14-12)11(16)13-6-3-8-17-9-7-15/h2,4-5,15H,3,6-9H2,1H3,(H,13,16). The van der Waals surface area contributed by atoms with Crippen LogP contribution in [0.15, 0.2) is 23.4 Å². The highest BCUT2D eigenvalue weighted by Crippen LogP contribution is 2.16. The minimum Gasteiger partial charge on any atom is -0.394 e. The Balaban J connectivity index is 2.32. The average Bonchev–Trinajstić information content (AvgIpc) is 2.42. The first-order valence-electron chi connectivity index (χ1n) is 5.75. The number of carbonyl (C=O) groups is 1. The fourth-order valence-electron chi connectivity index (χ4n) is 1.36. The third-order valence-electron chi connectivity index (χ3n) is 2.20. The molecule has 6 heteroatoms. The first-order valence-corrected chi connectivity index (χ1v) is 6.98. The lowest BCUT2D eigenvalue weighted by atomic mass is 10.2. The topological polar surface area (TPSA) is 71.5 Å². The second-order valence-corrected chi connectivity index (χ2v) is 4.30. The van der Waals surface area contributed by atoms with Crippen LogP contribution in [0, 0.1) is 0 Å². The van der Waals surface area contributed by atoms with Gasteiger partial charge in [0.1, 0.15) is 5.03 Å². The van der Waals surface area contributed by atoms with Crippen molar-refractivity contribution < 1.29 is 14.6 Å². The lowest BCUT2D eigenvalue weighted by Crippen LogP contribution is -2.26. The van der Waals surface area contributed by atoms with E-state index in [1.165, 1.54) is 11.8 Å². The van der Waals surface area contributed by atoms with Crippen molar-refractivity contribution in [3.05, 3.63) is 23.9 Å². The molecule has 0 spiro atoms. The number of pyridine rings is 1. The molecule has 5 nitrogen and oxygen atoms in total. The minimum atomic E-state index is -0.116. The van der Waals surface area contributed by atoms with E-state index in [0.29, 0.717) is 25.3 Å². The summed E-state index contributed by atoms with van der Waals surface area (Å²) in [5.74, 6) is -0.116. The van der Waals surface area contributed by atoms with Crippen LogP contribution in [0.4, 0.5) is 0 Å². The van der Waals surface area contributed by atoms with E-state index >= 15 is 0 Å². The molecular weight excluding hydrogens is 252 g/mol. The van der Waals surface area contributed by atoms with Gasteiger partial charge in [0.25, 0.3) is 5.91 Å². The molecule has 0 saturated carbocycles. The minimum absolute atomic E-state index is 0.0269. The Morgan fingerprint density at radius 3 is 3.11 bits per heavy atom. The number of thioether (sulfide) groups is 1. The van der Waals surface area contributed by atoms with Crippen molar-refractivity contribution in [1.29, 1.82) is 0 Å². The van der Waals surface area contributed by atoms with Gasteiger partial charge in [-0.2, -0.15) is 0 Å². The average molecular weight is 270 g/mol. The van der Waals surface area contributed by atoms with Gasteiger partial charge in [0, 0.05) is 19.3 Å². The zero-order valence-electron chi connectivity index (χ0n) is 10.4. The van der Waals surface area contributed by atoms with Crippen LogP contribution in [-0.2, 0) is 4.74 Å². The Hall–Kier alpha value is -1.11. The van der Waals surface area contributed by atoms with E-state index in [-0.39, 0.29) is 12.5 Å². The molecule has 1 aromatic heterocycles. The van der Waals surface area contributed by atoms with E-state index in [0.717, 1.165) is 11.4 Å². The van der Waals surface area contributed by atoms with Crippen molar-refractivity contribution in [3.8, 4) is 0 Å². The number of amides is 1. The van der Waals surface area contributed by atoms with Crippen LogP contribution in [0.2, 0.25) is 0 Å². The van der Waals surface area contributed by atoms with Gasteiger partial charge in [0.05, 0.1) is 18.8 Å². The highest BCUT2D eigenvalue weighted by atomic mass is 32.2. The van der Waals surface area contributed by atoms with Crippen LogP contribution in [0.1, 0.15) is 16.8 Å². The zero-order valence-corrected chi connectivity index (χ0v) is 11.2. The number of nitrogens with zero attached hydrogens (tertiary/aromatic N) is 1. The summed E-state index contributed by atoms with van der Waals surface area (Å²) in [7, 11) is 0. The number of ether oxygens (including phenoxy) is 1. The van der Waals surface area contributed by atoms with Crippen LogP contribution in [0.5, 0.6) is 0 Å². The molecule has 0 aromatic carbocycles. The smallest absolute Gasteiger partial charge is 0.254 e. The number of aromatic nitrogens is 1. The molecule has 0 unspecified atom stereocenters. The fourth-order valence-corrected chi connectivity index (χ4v) is 1.91. The second-order valence-electron chi connectivity index (χ2n) is 3.51. The number of rotatable bonds is 8. The summed E-state index contributed by atoms with van der Waals surface area (Å²) in [6, 6.07) is 3.51. The van der Waals surface area contributed by atoms with E-state index in [2.05, 4.69) is 10.3 Å². The van der Waals surface area contributed by atoms with Gasteiger partial charge in [-0.25, -0.2) is 4.98 Å². The molecule has 0 aliphatic rings. The molecule has 0 aliphatic carbocycles. The molecule has 0 radical (unpaired) electrons. The molecule has 18 heavy (non-hydrogen) atoms. The highest BCUT2D eigenvalue weighted by Gasteiger charge is 2.10. The quantitative estimate of drug-likeness (QED) is 0.543. The van der Waals surface area contributed by atoms with Crippen LogP contribution >= 0.6 is 11.8 Å². The summed E-state index contributed by atoms with van der Waals surface area (Å²) in [5.41, 5.74) is 0.598. The maximum Gasteiger partial charge on any atom is 0.254 e. The van der Waals surface area contributed by atoms with E-state index in [4.69, 9.17) is 9.84 Å². The predicted molar refractivity (Wildman–Crippen MR) is 70.9 cm³/mol. The zero-order chi connectivity index (χ0) is 13.2. The Morgan fingerprint density at radius 2 is 2.39 bits per heavy atom. The van der Waals surface area contributed by atoms with Gasteiger partial charge in [-0.05, 0) is 24.8 Å². The van der Waals surface area contributed by atoms with Crippen LogP contribution in [0.3, 0.4) is 0 Å². The number of hydrogen-bond donors (Lipinski definition) is 2. The van der Waals surface area contributed by atoms with Gasteiger partial charge >= 0.3 is 0 Å². The van der Waals surface area contributed by atoms with Crippen LogP contribution in [0.25, 0.3) is 0 Å². The molecule has 100 valence electrons. The van der Waals surface area contributed by atoms with Gasteiger partial charge < -0.3 is 15.2 Å². The van der Waals surface area contributed by atoms with Gasteiger partial charge in [-0.1, -0.05) is 0 Å². The fraction of sp³-hybridized carbons (Fsp3) is 0.500. The van der Waals surface area contributed by atoms with Crippen molar-refractivity contribution in [2.75, 3.05) is 32.6 Å². The Morgan fingerprint density at radius 1 is 1.56 bits per heavy atom. The maximum absolute atomic E-state index is 11.9. The number of aliphatic hydroxyl groups excluding tert-OH is 1. The summed E-state index contributed by atoms with van der Waals surface area (Å²) in [4.78, 5) is 16.0. The molecule has 2 N–H and O–H groups in total. The van der Waals surface area contributed by atoms with Crippen molar-refractivity contribution in [2.45, 2.75) is 11.4 Å². The first-order chi connectivity index (χ1) is 8.79. The van der Waals surface area contributed by atoms with E-state index < -0.39 is 0 Å². The molecule has 1 amide bonds.